The van der Waals surface area contributed by atoms with Crippen molar-refractivity contribution in [3.05, 3.63) is 0 Å². The fourth-order valence-electron chi connectivity index (χ4n) is 5.42. The summed E-state index contributed by atoms with van der Waals surface area (Å²) in [5.41, 5.74) is 0. The van der Waals surface area contributed by atoms with Gasteiger partial charge in [-0.15, -0.1) is 0 Å². The summed E-state index contributed by atoms with van der Waals surface area (Å²) < 4.78 is 50.2. The molecule has 0 aromatic rings. The monoisotopic (exact) mass is 935 g/mol. The number of nitrogens with two attached hydrogens (primary N) is 3. The Bertz CT molecular complexity index is 1240. The highest BCUT2D eigenvalue weighted by Crippen LogP contribution is 2.53. The van der Waals surface area contributed by atoms with E-state index in [4.69, 9.17) is 50.6 Å². The van der Waals surface area contributed by atoms with E-state index >= 15 is 0 Å². The molecule has 2 atom stereocenters. The Balaban J connectivity index is 3.00. The van der Waals surface area contributed by atoms with Crippen molar-refractivity contribution in [3.63, 3.8) is 0 Å². The quantitative estimate of drug-likeness (QED) is 0.0131. The van der Waals surface area contributed by atoms with Gasteiger partial charge in [-0.1, -0.05) is 19.2 Å². The van der Waals surface area contributed by atoms with Crippen molar-refractivity contribution < 1.29 is 76.0 Å². The van der Waals surface area contributed by atoms with E-state index in [1.165, 1.54) is 0 Å². The molecule has 362 valence electrons. The SMILES string of the molecule is CCP(=O)(S)OC1CCC(C(=O)NC(CNC(=O)NCCOCCOCCON)C(=O)N(CC(=O)NCCOCCOCCON)CC(=O)NCCOCCOCCON)CC1. The number of rotatable bonds is 39. The van der Waals surface area contributed by atoms with E-state index in [9.17, 15) is 28.5 Å². The maximum atomic E-state index is 14.2. The van der Waals surface area contributed by atoms with Crippen molar-refractivity contribution in [2.75, 3.05) is 145 Å². The molecule has 0 aliphatic heterocycles. The smallest absolute Gasteiger partial charge is 0.314 e. The number of nitrogens with zero attached hydrogens (tertiary/aromatic N) is 1. The van der Waals surface area contributed by atoms with E-state index < -0.39 is 67.8 Å². The van der Waals surface area contributed by atoms with Gasteiger partial charge in [0, 0.05) is 38.3 Å². The van der Waals surface area contributed by atoms with Crippen LogP contribution in [0.1, 0.15) is 32.6 Å². The van der Waals surface area contributed by atoms with Gasteiger partial charge in [-0.3, -0.25) is 23.7 Å². The predicted molar refractivity (Wildman–Crippen MR) is 225 cm³/mol. The number of nitrogens with one attached hydrogen (secondary N) is 5. The summed E-state index contributed by atoms with van der Waals surface area (Å²) in [7, 11) is 0. The number of hydrogen-bond acceptors (Lipinski definition) is 19. The second-order valence-corrected chi connectivity index (χ2v) is 17.4. The molecule has 11 N–H and O–H groups in total. The zero-order chi connectivity index (χ0) is 45.7. The molecule has 1 aliphatic rings. The normalized spacial score (nSPS) is 16.5. The summed E-state index contributed by atoms with van der Waals surface area (Å²) in [6.45, 7) is 0.939. The first-order valence-corrected chi connectivity index (χ1v) is 23.5. The zero-order valence-corrected chi connectivity index (χ0v) is 37.5. The largest absolute Gasteiger partial charge is 0.377 e. The van der Waals surface area contributed by atoms with E-state index in [-0.39, 0.29) is 118 Å². The third-order valence-corrected chi connectivity index (χ3v) is 11.2. The summed E-state index contributed by atoms with van der Waals surface area (Å²) in [4.78, 5) is 81.1. The lowest BCUT2D eigenvalue weighted by Crippen LogP contribution is -2.58. The molecule has 1 saturated carbocycles. The summed E-state index contributed by atoms with van der Waals surface area (Å²) in [6, 6.07) is -2.06. The Morgan fingerprint density at radius 1 is 0.613 bits per heavy atom. The van der Waals surface area contributed by atoms with Gasteiger partial charge in [-0.05, 0) is 25.7 Å². The van der Waals surface area contributed by atoms with Gasteiger partial charge in [0.05, 0.1) is 105 Å². The Morgan fingerprint density at radius 2 is 1.02 bits per heavy atom. The lowest BCUT2D eigenvalue weighted by Gasteiger charge is -2.31. The fraction of sp³-hybridized carbons (Fsp3) is 0.857. The van der Waals surface area contributed by atoms with Gasteiger partial charge < -0.3 is 78.9 Å². The van der Waals surface area contributed by atoms with Crippen molar-refractivity contribution in [2.24, 2.45) is 23.6 Å². The summed E-state index contributed by atoms with van der Waals surface area (Å²) in [5.74, 6) is 11.8. The number of hydrogen-bond donors (Lipinski definition) is 9. The van der Waals surface area contributed by atoms with Gasteiger partial charge in [0.15, 0.2) is 0 Å². The Morgan fingerprint density at radius 3 is 1.44 bits per heavy atom. The third kappa shape index (κ3) is 30.3. The molecule has 0 bridgehead atoms. The van der Waals surface area contributed by atoms with Crippen LogP contribution >= 0.6 is 18.8 Å². The molecule has 62 heavy (non-hydrogen) atoms. The van der Waals surface area contributed by atoms with E-state index in [0.717, 1.165) is 4.90 Å². The minimum Gasteiger partial charge on any atom is -0.377 e. The molecule has 1 rings (SSSR count). The van der Waals surface area contributed by atoms with Crippen molar-refractivity contribution >= 4 is 48.5 Å². The van der Waals surface area contributed by atoms with Crippen molar-refractivity contribution in [1.29, 1.82) is 0 Å². The van der Waals surface area contributed by atoms with Crippen LogP contribution in [-0.4, -0.2) is 191 Å². The van der Waals surface area contributed by atoms with E-state index in [1.54, 1.807) is 6.92 Å². The molecule has 0 aromatic carbocycles. The average molecular weight is 936 g/mol. The first-order valence-electron chi connectivity index (χ1n) is 20.5. The Kier molecular flexibility index (Phi) is 34.7. The van der Waals surface area contributed by atoms with Crippen LogP contribution in [0.3, 0.4) is 0 Å². The van der Waals surface area contributed by atoms with Crippen molar-refractivity contribution in [3.8, 4) is 0 Å². The van der Waals surface area contributed by atoms with Crippen molar-refractivity contribution in [2.45, 2.75) is 44.8 Å². The number of carbonyl (C=O) groups is 5. The van der Waals surface area contributed by atoms with Crippen LogP contribution in [0.2, 0.25) is 0 Å². The van der Waals surface area contributed by atoms with Crippen LogP contribution in [0, 0.1) is 5.92 Å². The lowest BCUT2D eigenvalue weighted by atomic mass is 9.86. The van der Waals surface area contributed by atoms with Gasteiger partial charge in [-0.25, -0.2) is 22.5 Å². The minimum absolute atomic E-state index is 0.0778. The highest BCUT2D eigenvalue weighted by molar-refractivity contribution is 8.46. The summed E-state index contributed by atoms with van der Waals surface area (Å²) in [6.07, 6.45) is 1.53. The number of urea groups is 1. The highest BCUT2D eigenvalue weighted by atomic mass is 32.7. The topological polar surface area (TPSA) is 336 Å². The predicted octanol–water partition coefficient (Wildman–Crippen LogP) is -2.68. The molecule has 0 heterocycles. The molecule has 0 spiro atoms. The fourth-order valence-corrected chi connectivity index (χ4v) is 6.65. The average Bonchev–Trinajstić information content (AvgIpc) is 3.25. The van der Waals surface area contributed by atoms with Crippen LogP contribution in [0.5, 0.6) is 0 Å². The summed E-state index contributed by atoms with van der Waals surface area (Å²) in [5, 5.41) is 13.2. The molecular weight excluding hydrogens is 865 g/mol. The van der Waals surface area contributed by atoms with Crippen molar-refractivity contribution in [1.82, 2.24) is 31.5 Å². The van der Waals surface area contributed by atoms with Gasteiger partial charge in [0.2, 0.25) is 23.6 Å². The number of carbonyl (C=O) groups excluding carboxylic acids is 5. The Hall–Kier alpha value is -2.79. The molecule has 0 saturated heterocycles. The van der Waals surface area contributed by atoms with Gasteiger partial charge in [0.1, 0.15) is 19.1 Å². The number of ether oxygens (including phenoxy) is 6. The van der Waals surface area contributed by atoms with Crippen LogP contribution in [0.15, 0.2) is 0 Å². The molecule has 2 unspecified atom stereocenters. The zero-order valence-electron chi connectivity index (χ0n) is 35.7. The number of thiol groups is 1. The highest BCUT2D eigenvalue weighted by Gasteiger charge is 2.34. The lowest BCUT2D eigenvalue weighted by molar-refractivity contribution is -0.142. The minimum atomic E-state index is -3.06. The van der Waals surface area contributed by atoms with Crippen LogP contribution in [0.4, 0.5) is 4.79 Å². The van der Waals surface area contributed by atoms with Gasteiger partial charge in [0.25, 0.3) is 6.57 Å². The summed E-state index contributed by atoms with van der Waals surface area (Å²) >= 11 is 4.14. The second-order valence-electron chi connectivity index (χ2n) is 13.4. The molecule has 0 radical (unpaired) electrons. The van der Waals surface area contributed by atoms with Gasteiger partial charge in [-0.2, -0.15) is 0 Å². The van der Waals surface area contributed by atoms with Crippen LogP contribution in [0.25, 0.3) is 0 Å². The van der Waals surface area contributed by atoms with E-state index in [0.29, 0.717) is 38.9 Å². The maximum Gasteiger partial charge on any atom is 0.314 e. The molecule has 1 fully saturated rings. The van der Waals surface area contributed by atoms with E-state index in [2.05, 4.69) is 53.3 Å². The molecule has 6 amide bonds. The molecule has 1 aliphatic carbocycles. The molecule has 0 aromatic heterocycles. The van der Waals surface area contributed by atoms with Gasteiger partial charge >= 0.3 is 6.03 Å². The first-order chi connectivity index (χ1) is 30.0. The third-order valence-electron chi connectivity index (χ3n) is 8.64. The maximum absolute atomic E-state index is 14.2. The second kappa shape index (κ2) is 37.6. The van der Waals surface area contributed by atoms with Crippen LogP contribution in [-0.2, 0) is 71.2 Å². The first kappa shape index (κ1) is 57.2. The Labute approximate surface area is 368 Å². The number of amides is 6. The molecule has 27 heteroatoms. The molecule has 25 nitrogen and oxygen atoms in total. The molecular formula is C35H70N9O16PS. The van der Waals surface area contributed by atoms with E-state index in [1.807, 2.05) is 0 Å². The standard InChI is InChI=1S/C35H70N9O16PS/c1-2-61(50,62)60-29-5-3-28(4-6-29)33(47)43-30(25-42-35(49)41-9-12-53-15-18-56-21-24-59-38)34(48)44(26-31(45)39-7-10-51-13-16-54-19-22-57-36)27-32(46)40-8-11-52-14-17-55-20-23-58-37/h28-30H,2-27,36-38H2,1H3,(H,39,45)(H,40,46)(H,43,47)(H,50,62)(H2,41,42,49). The van der Waals surface area contributed by atoms with Crippen LogP contribution < -0.4 is 44.3 Å².